The van der Waals surface area contributed by atoms with Gasteiger partial charge in [-0.15, -0.1) is 0 Å². The van der Waals surface area contributed by atoms with E-state index in [9.17, 15) is 39.9 Å². The molecule has 0 bridgehead atoms. The minimum atomic E-state index is -5.99. The molecule has 2 aromatic rings. The number of hydrogen-bond donors (Lipinski definition) is 2. The van der Waals surface area contributed by atoms with Crippen molar-refractivity contribution >= 4 is 21.5 Å². The monoisotopic (exact) mass is 524 g/mol. The average Bonchev–Trinajstić information content (AvgIpc) is 2.77. The van der Waals surface area contributed by atoms with Gasteiger partial charge < -0.3 is 15.7 Å². The number of nitrogens with zero attached hydrogens (tertiary/aromatic N) is 3. The van der Waals surface area contributed by atoms with Gasteiger partial charge >= 0.3 is 12.4 Å². The van der Waals surface area contributed by atoms with E-state index in [-0.39, 0.29) is 36.0 Å². The summed E-state index contributed by atoms with van der Waals surface area (Å²) in [6.45, 7) is 1.75. The molecule has 2 heterocycles. The fourth-order valence-electron chi connectivity index (χ4n) is 3.78. The van der Waals surface area contributed by atoms with E-state index in [1.807, 2.05) is 0 Å². The molecule has 0 spiro atoms. The number of aliphatic hydroxyl groups is 1. The summed E-state index contributed by atoms with van der Waals surface area (Å²) >= 11 is 0. The number of halogens is 6. The Balaban J connectivity index is 1.89. The Kier molecular flexibility index (Phi) is 7.12. The van der Waals surface area contributed by atoms with E-state index in [0.29, 0.717) is 12.1 Å². The molecular weight excluding hydrogens is 502 g/mol. The van der Waals surface area contributed by atoms with Crippen LogP contribution in [0.25, 0.3) is 0 Å². The van der Waals surface area contributed by atoms with Gasteiger partial charge in [-0.1, -0.05) is 24.3 Å². The minimum absolute atomic E-state index is 0.00243. The molecule has 14 heteroatoms. The summed E-state index contributed by atoms with van der Waals surface area (Å²) < 4.78 is 106. The largest absolute Gasteiger partial charge is 0.430 e. The van der Waals surface area contributed by atoms with Gasteiger partial charge in [-0.3, -0.25) is 0 Å². The average molecular weight is 524 g/mol. The minimum Gasteiger partial charge on any atom is -0.384 e. The van der Waals surface area contributed by atoms with Gasteiger partial charge in [0.1, 0.15) is 10.7 Å². The summed E-state index contributed by atoms with van der Waals surface area (Å²) in [4.78, 5) is 5.37. The SMILES string of the molecule is C/C=C\C1CN(S(=O)(=O)c2ccc(N)nc2)CCN1c1ccc(C(O)(C(F)(F)F)C(F)(F)F)cc1. The fourth-order valence-corrected chi connectivity index (χ4v) is 5.18. The van der Waals surface area contributed by atoms with Crippen LogP contribution in [0.2, 0.25) is 0 Å². The van der Waals surface area contributed by atoms with Gasteiger partial charge in [-0.05, 0) is 31.2 Å². The van der Waals surface area contributed by atoms with Crippen molar-refractivity contribution in [3.05, 3.63) is 60.3 Å². The smallest absolute Gasteiger partial charge is 0.384 e. The number of aromatic nitrogens is 1. The van der Waals surface area contributed by atoms with Crippen LogP contribution in [0, 0.1) is 0 Å². The Morgan fingerprint density at radius 2 is 1.63 bits per heavy atom. The van der Waals surface area contributed by atoms with E-state index in [0.717, 1.165) is 18.3 Å². The molecule has 3 rings (SSSR count). The molecule has 1 atom stereocenters. The second-order valence-corrected chi connectivity index (χ2v) is 9.76. The molecule has 35 heavy (non-hydrogen) atoms. The van der Waals surface area contributed by atoms with E-state index in [4.69, 9.17) is 5.73 Å². The van der Waals surface area contributed by atoms with Crippen LogP contribution < -0.4 is 10.6 Å². The molecule has 192 valence electrons. The van der Waals surface area contributed by atoms with Crippen molar-refractivity contribution in [3.63, 3.8) is 0 Å². The summed E-state index contributed by atoms with van der Waals surface area (Å²) in [7, 11) is -3.92. The Labute approximate surface area is 197 Å². The number of allylic oxidation sites excluding steroid dienone is 1. The summed E-state index contributed by atoms with van der Waals surface area (Å²) in [6, 6.07) is 5.27. The second kappa shape index (κ2) is 9.32. The number of nitrogens with two attached hydrogens (primary N) is 1. The lowest BCUT2D eigenvalue weighted by molar-refractivity contribution is -0.376. The zero-order chi connectivity index (χ0) is 26.2. The topological polar surface area (TPSA) is 99.8 Å². The van der Waals surface area contributed by atoms with Gasteiger partial charge in [0.2, 0.25) is 10.0 Å². The van der Waals surface area contributed by atoms with Crippen molar-refractivity contribution in [2.45, 2.75) is 35.8 Å². The Morgan fingerprint density at radius 3 is 2.11 bits per heavy atom. The van der Waals surface area contributed by atoms with Crippen LogP contribution in [0.15, 0.2) is 59.6 Å². The first-order valence-corrected chi connectivity index (χ1v) is 11.6. The molecule has 1 unspecified atom stereocenters. The van der Waals surface area contributed by atoms with E-state index in [2.05, 4.69) is 4.98 Å². The fraction of sp³-hybridized carbons (Fsp3) is 0.381. The number of rotatable bonds is 5. The lowest BCUT2D eigenvalue weighted by atomic mass is 9.92. The van der Waals surface area contributed by atoms with Crippen LogP contribution in [-0.2, 0) is 15.6 Å². The van der Waals surface area contributed by atoms with Crippen molar-refractivity contribution in [3.8, 4) is 0 Å². The predicted octanol–water partition coefficient (Wildman–Crippen LogP) is 3.43. The lowest BCUT2D eigenvalue weighted by Crippen LogP contribution is -2.54. The van der Waals surface area contributed by atoms with Crippen LogP contribution in [0.3, 0.4) is 0 Å². The lowest BCUT2D eigenvalue weighted by Gasteiger charge is -2.41. The van der Waals surface area contributed by atoms with Gasteiger partial charge in [-0.25, -0.2) is 13.4 Å². The van der Waals surface area contributed by atoms with Crippen molar-refractivity contribution in [1.29, 1.82) is 0 Å². The Morgan fingerprint density at radius 1 is 1.03 bits per heavy atom. The zero-order valence-electron chi connectivity index (χ0n) is 18.3. The number of pyridine rings is 1. The van der Waals surface area contributed by atoms with Crippen LogP contribution in [0.1, 0.15) is 12.5 Å². The number of piperazine rings is 1. The van der Waals surface area contributed by atoms with Crippen LogP contribution in [0.4, 0.5) is 37.8 Å². The number of nitrogen functional groups attached to an aromatic ring is 1. The summed E-state index contributed by atoms with van der Waals surface area (Å²) in [5.41, 5.74) is -0.640. The van der Waals surface area contributed by atoms with E-state index >= 15 is 0 Å². The first-order chi connectivity index (χ1) is 16.1. The molecule has 1 saturated heterocycles. The zero-order valence-corrected chi connectivity index (χ0v) is 19.1. The first kappa shape index (κ1) is 26.8. The van der Waals surface area contributed by atoms with Crippen molar-refractivity contribution < 1.29 is 39.9 Å². The van der Waals surface area contributed by atoms with Gasteiger partial charge in [0.15, 0.2) is 0 Å². The summed E-state index contributed by atoms with van der Waals surface area (Å²) in [5, 5.41) is 9.58. The maximum Gasteiger partial charge on any atom is 0.430 e. The van der Waals surface area contributed by atoms with Crippen LogP contribution >= 0.6 is 0 Å². The molecule has 0 radical (unpaired) electrons. The number of alkyl halides is 6. The molecule has 1 aromatic carbocycles. The highest BCUT2D eigenvalue weighted by Gasteiger charge is 2.71. The van der Waals surface area contributed by atoms with Crippen molar-refractivity contribution in [2.24, 2.45) is 0 Å². The normalized spacial score (nSPS) is 18.9. The van der Waals surface area contributed by atoms with Gasteiger partial charge in [-0.2, -0.15) is 30.6 Å². The molecule has 0 aliphatic carbocycles. The van der Waals surface area contributed by atoms with Gasteiger partial charge in [0.05, 0.1) is 6.04 Å². The highest BCUT2D eigenvalue weighted by atomic mass is 32.2. The molecule has 0 amide bonds. The third-order valence-electron chi connectivity index (χ3n) is 5.63. The van der Waals surface area contributed by atoms with E-state index in [1.165, 1.54) is 16.4 Å². The third kappa shape index (κ3) is 4.95. The highest BCUT2D eigenvalue weighted by molar-refractivity contribution is 7.89. The number of sulfonamides is 1. The van der Waals surface area contributed by atoms with Crippen LogP contribution in [-0.4, -0.2) is 60.8 Å². The Bertz CT molecular complexity index is 1150. The number of hydrogen-bond acceptors (Lipinski definition) is 6. The molecule has 3 N–H and O–H groups in total. The van der Waals surface area contributed by atoms with E-state index < -0.39 is 39.6 Å². The predicted molar refractivity (Wildman–Crippen MR) is 116 cm³/mol. The van der Waals surface area contributed by atoms with Gasteiger partial charge in [0, 0.05) is 37.1 Å². The number of benzene rings is 1. The molecule has 0 saturated carbocycles. The van der Waals surface area contributed by atoms with Crippen molar-refractivity contribution in [2.75, 3.05) is 30.3 Å². The maximum absolute atomic E-state index is 13.2. The summed E-state index contributed by atoms with van der Waals surface area (Å²) in [5.74, 6) is 0.145. The standard InChI is InChI=1S/C21H22F6N4O3S/c1-2-3-16-13-30(35(33,34)17-8-9-18(28)29-12-17)10-11-31(16)15-6-4-14(5-7-15)19(32,20(22,23)24)21(25,26)27/h2-9,12,16,32H,10-11,13H2,1H3,(H2,28,29)/b3-2-. The highest BCUT2D eigenvalue weighted by Crippen LogP contribution is 2.50. The summed E-state index contributed by atoms with van der Waals surface area (Å²) in [6.07, 6.45) is -7.53. The van der Waals surface area contributed by atoms with Crippen LogP contribution in [0.5, 0.6) is 0 Å². The quantitative estimate of drug-likeness (QED) is 0.460. The number of anilines is 2. The Hall–Kier alpha value is -2.84. The molecule has 1 aliphatic heterocycles. The molecule has 7 nitrogen and oxygen atoms in total. The molecule has 1 fully saturated rings. The third-order valence-corrected chi connectivity index (χ3v) is 7.48. The first-order valence-electron chi connectivity index (χ1n) is 10.2. The van der Waals surface area contributed by atoms with E-state index in [1.54, 1.807) is 24.0 Å². The maximum atomic E-state index is 13.2. The second-order valence-electron chi connectivity index (χ2n) is 7.82. The molecule has 1 aromatic heterocycles. The van der Waals surface area contributed by atoms with Crippen molar-refractivity contribution in [1.82, 2.24) is 9.29 Å². The molecule has 1 aliphatic rings. The molecular formula is C21H22F6N4O3S. The van der Waals surface area contributed by atoms with Gasteiger partial charge in [0.25, 0.3) is 5.60 Å².